The van der Waals surface area contributed by atoms with Gasteiger partial charge in [0.05, 0.1) is 6.04 Å². The molecule has 4 aromatic rings. The van der Waals surface area contributed by atoms with Crippen LogP contribution in [0.1, 0.15) is 45.1 Å². The van der Waals surface area contributed by atoms with E-state index in [-0.39, 0.29) is 17.3 Å². The van der Waals surface area contributed by atoms with Crippen LogP contribution < -0.4 is 16.1 Å². The van der Waals surface area contributed by atoms with Crippen molar-refractivity contribution in [2.75, 3.05) is 5.32 Å². The molecule has 0 aliphatic heterocycles. The first-order valence-electron chi connectivity index (χ1n) is 11.1. The topological polar surface area (TPSA) is 93.1 Å². The standard InChI is InChI=1S/C27H22F2N4O3/c1-16-15-24(34)25(32-33(16)23-6-4-3-5-22(23)29)27(36)30-17(2)18-9-13-21(14-10-18)31-26(35)19-7-11-20(28)12-8-19/h3-15,17H,1-2H3,(H,30,36)(H,31,35). The smallest absolute Gasteiger partial charge is 0.276 e. The van der Waals surface area contributed by atoms with E-state index in [9.17, 15) is 23.2 Å². The molecule has 4 rings (SSSR count). The highest BCUT2D eigenvalue weighted by atomic mass is 19.1. The molecule has 0 spiro atoms. The van der Waals surface area contributed by atoms with Gasteiger partial charge in [0.2, 0.25) is 5.43 Å². The Morgan fingerprint density at radius 2 is 1.58 bits per heavy atom. The van der Waals surface area contributed by atoms with Crippen LogP contribution in [-0.2, 0) is 0 Å². The molecule has 182 valence electrons. The number of aryl methyl sites for hydroxylation is 1. The van der Waals surface area contributed by atoms with Gasteiger partial charge in [-0.05, 0) is 67.9 Å². The second-order valence-electron chi connectivity index (χ2n) is 8.14. The molecule has 0 bridgehead atoms. The van der Waals surface area contributed by atoms with Crippen LogP contribution in [0, 0.1) is 18.6 Å². The van der Waals surface area contributed by atoms with Crippen molar-refractivity contribution in [1.82, 2.24) is 15.1 Å². The number of halogens is 2. The van der Waals surface area contributed by atoms with Gasteiger partial charge in [0.15, 0.2) is 5.69 Å². The average Bonchev–Trinajstić information content (AvgIpc) is 2.85. The number of benzene rings is 3. The van der Waals surface area contributed by atoms with E-state index < -0.39 is 29.0 Å². The Balaban J connectivity index is 1.47. The molecule has 0 aliphatic rings. The Labute approximate surface area is 205 Å². The maximum absolute atomic E-state index is 14.3. The summed E-state index contributed by atoms with van der Waals surface area (Å²) in [5, 5.41) is 9.55. The largest absolute Gasteiger partial charge is 0.344 e. The molecule has 1 atom stereocenters. The van der Waals surface area contributed by atoms with Crippen molar-refractivity contribution < 1.29 is 18.4 Å². The van der Waals surface area contributed by atoms with Crippen LogP contribution in [-0.4, -0.2) is 21.6 Å². The molecule has 36 heavy (non-hydrogen) atoms. The van der Waals surface area contributed by atoms with E-state index in [4.69, 9.17) is 0 Å². The van der Waals surface area contributed by atoms with Gasteiger partial charge in [-0.2, -0.15) is 5.10 Å². The predicted molar refractivity (Wildman–Crippen MR) is 131 cm³/mol. The minimum atomic E-state index is -0.703. The Morgan fingerprint density at radius 1 is 0.917 bits per heavy atom. The number of hydrogen-bond donors (Lipinski definition) is 2. The van der Waals surface area contributed by atoms with E-state index in [0.717, 1.165) is 0 Å². The van der Waals surface area contributed by atoms with Gasteiger partial charge in [-0.25, -0.2) is 13.5 Å². The van der Waals surface area contributed by atoms with Crippen molar-refractivity contribution in [1.29, 1.82) is 0 Å². The number of para-hydroxylation sites is 1. The Bertz CT molecular complexity index is 1480. The summed E-state index contributed by atoms with van der Waals surface area (Å²) in [4.78, 5) is 37.6. The van der Waals surface area contributed by atoms with E-state index >= 15 is 0 Å². The second-order valence-corrected chi connectivity index (χ2v) is 8.14. The zero-order valence-corrected chi connectivity index (χ0v) is 19.5. The summed E-state index contributed by atoms with van der Waals surface area (Å²) in [5.41, 5.74) is 1.10. The number of aromatic nitrogens is 2. The Hall–Kier alpha value is -4.66. The maximum Gasteiger partial charge on any atom is 0.276 e. The highest BCUT2D eigenvalue weighted by Crippen LogP contribution is 2.18. The average molecular weight is 488 g/mol. The molecule has 0 fully saturated rings. The minimum Gasteiger partial charge on any atom is -0.344 e. The number of nitrogens with zero attached hydrogens (tertiary/aromatic N) is 2. The summed E-state index contributed by atoms with van der Waals surface area (Å²) in [6.07, 6.45) is 0. The van der Waals surface area contributed by atoms with Gasteiger partial charge in [0, 0.05) is 23.0 Å². The van der Waals surface area contributed by atoms with E-state index in [1.165, 1.54) is 53.2 Å². The molecule has 2 amide bonds. The number of anilines is 1. The van der Waals surface area contributed by atoms with Crippen molar-refractivity contribution >= 4 is 17.5 Å². The number of carbonyl (C=O) groups is 2. The highest BCUT2D eigenvalue weighted by Gasteiger charge is 2.19. The van der Waals surface area contributed by atoms with Gasteiger partial charge >= 0.3 is 0 Å². The van der Waals surface area contributed by atoms with Crippen LogP contribution in [0.15, 0.2) is 83.7 Å². The summed E-state index contributed by atoms with van der Waals surface area (Å²) in [6, 6.07) is 18.6. The lowest BCUT2D eigenvalue weighted by molar-refractivity contribution is 0.0931. The summed E-state index contributed by atoms with van der Waals surface area (Å²) < 4.78 is 28.5. The van der Waals surface area contributed by atoms with Gasteiger partial charge < -0.3 is 10.6 Å². The third-order valence-corrected chi connectivity index (χ3v) is 5.53. The minimum absolute atomic E-state index is 0.121. The first-order valence-corrected chi connectivity index (χ1v) is 11.1. The zero-order chi connectivity index (χ0) is 25.8. The summed E-state index contributed by atoms with van der Waals surface area (Å²) in [6.45, 7) is 3.33. The number of hydrogen-bond acceptors (Lipinski definition) is 4. The highest BCUT2D eigenvalue weighted by molar-refractivity contribution is 6.04. The molecule has 1 heterocycles. The SMILES string of the molecule is Cc1cc(=O)c(C(=O)NC(C)c2ccc(NC(=O)c3ccc(F)cc3)cc2)nn1-c1ccccc1F. The molecule has 1 aromatic heterocycles. The number of carbonyl (C=O) groups excluding carboxylic acids is 2. The van der Waals surface area contributed by atoms with E-state index in [2.05, 4.69) is 15.7 Å². The van der Waals surface area contributed by atoms with Gasteiger partial charge in [0.1, 0.15) is 17.3 Å². The number of nitrogens with one attached hydrogen (secondary N) is 2. The van der Waals surface area contributed by atoms with Gasteiger partial charge in [0.25, 0.3) is 11.8 Å². The Kier molecular flexibility index (Phi) is 7.00. The third kappa shape index (κ3) is 5.35. The summed E-state index contributed by atoms with van der Waals surface area (Å²) >= 11 is 0. The molecular weight excluding hydrogens is 466 g/mol. The monoisotopic (exact) mass is 488 g/mol. The summed E-state index contributed by atoms with van der Waals surface area (Å²) in [5.74, 6) is -2.06. The molecule has 7 nitrogen and oxygen atoms in total. The lowest BCUT2D eigenvalue weighted by Gasteiger charge is -2.16. The zero-order valence-electron chi connectivity index (χ0n) is 19.5. The number of amides is 2. The van der Waals surface area contributed by atoms with Gasteiger partial charge in [-0.15, -0.1) is 0 Å². The maximum atomic E-state index is 14.3. The van der Waals surface area contributed by atoms with Gasteiger partial charge in [-0.1, -0.05) is 24.3 Å². The first-order chi connectivity index (χ1) is 17.2. The lowest BCUT2D eigenvalue weighted by Crippen LogP contribution is -2.33. The Morgan fingerprint density at radius 3 is 2.25 bits per heavy atom. The van der Waals surface area contributed by atoms with Crippen molar-refractivity contribution in [2.24, 2.45) is 0 Å². The normalized spacial score (nSPS) is 11.6. The lowest BCUT2D eigenvalue weighted by atomic mass is 10.1. The predicted octanol–water partition coefficient (Wildman–Crippen LogP) is 4.56. The molecule has 1 unspecified atom stereocenters. The number of rotatable bonds is 6. The first kappa shape index (κ1) is 24.5. The van der Waals surface area contributed by atoms with E-state index in [1.807, 2.05) is 0 Å². The second kappa shape index (κ2) is 10.3. The van der Waals surface area contributed by atoms with Gasteiger partial charge in [-0.3, -0.25) is 14.4 Å². The van der Waals surface area contributed by atoms with Crippen LogP contribution in [0.2, 0.25) is 0 Å². The molecule has 9 heteroatoms. The van der Waals surface area contributed by atoms with Crippen LogP contribution in [0.3, 0.4) is 0 Å². The van der Waals surface area contributed by atoms with Crippen molar-refractivity contribution in [3.63, 3.8) is 0 Å². The molecule has 0 saturated carbocycles. The van der Waals surface area contributed by atoms with Crippen LogP contribution in [0.4, 0.5) is 14.5 Å². The van der Waals surface area contributed by atoms with Crippen molar-refractivity contribution in [3.8, 4) is 5.69 Å². The molecular formula is C27H22F2N4O3. The quantitative estimate of drug-likeness (QED) is 0.416. The fraction of sp³-hybridized carbons (Fsp3) is 0.111. The van der Waals surface area contributed by atoms with Crippen molar-refractivity contribution in [2.45, 2.75) is 19.9 Å². The van der Waals surface area contributed by atoms with Crippen LogP contribution in [0.5, 0.6) is 0 Å². The molecule has 0 aliphatic carbocycles. The molecule has 0 radical (unpaired) electrons. The molecule has 0 saturated heterocycles. The van der Waals surface area contributed by atoms with E-state index in [0.29, 0.717) is 22.5 Å². The summed E-state index contributed by atoms with van der Waals surface area (Å²) in [7, 11) is 0. The fourth-order valence-corrected chi connectivity index (χ4v) is 3.58. The molecule has 2 N–H and O–H groups in total. The molecule has 3 aromatic carbocycles. The van der Waals surface area contributed by atoms with Crippen LogP contribution >= 0.6 is 0 Å². The van der Waals surface area contributed by atoms with E-state index in [1.54, 1.807) is 44.2 Å². The third-order valence-electron chi connectivity index (χ3n) is 5.53. The fourth-order valence-electron chi connectivity index (χ4n) is 3.58. The van der Waals surface area contributed by atoms with Crippen LogP contribution in [0.25, 0.3) is 5.69 Å². The van der Waals surface area contributed by atoms with Crippen molar-refractivity contribution in [3.05, 3.63) is 123 Å².